The van der Waals surface area contributed by atoms with Gasteiger partial charge in [-0.2, -0.15) is 13.2 Å². The van der Waals surface area contributed by atoms with Crippen molar-refractivity contribution in [2.75, 3.05) is 5.73 Å². The van der Waals surface area contributed by atoms with E-state index in [-0.39, 0.29) is 12.4 Å². The Balaban J connectivity index is 2.09. The molecule has 0 heterocycles. The zero-order valence-electron chi connectivity index (χ0n) is 10.2. The first-order chi connectivity index (χ1) is 9.36. The molecule has 0 atom stereocenters. The van der Waals surface area contributed by atoms with Crippen molar-refractivity contribution in [3.63, 3.8) is 0 Å². The molecule has 0 aliphatic heterocycles. The summed E-state index contributed by atoms with van der Waals surface area (Å²) in [5, 5.41) is 0.384. The summed E-state index contributed by atoms with van der Waals surface area (Å²) in [7, 11) is 0. The minimum Gasteiger partial charge on any atom is -0.489 e. The molecular weight excluding hydrogens is 291 g/mol. The van der Waals surface area contributed by atoms with Crippen molar-refractivity contribution in [2.45, 2.75) is 12.8 Å². The molecule has 2 N–H and O–H groups in total. The number of hydrogen-bond acceptors (Lipinski definition) is 2. The van der Waals surface area contributed by atoms with E-state index in [1.165, 1.54) is 12.1 Å². The van der Waals surface area contributed by atoms with Crippen LogP contribution in [0, 0.1) is 0 Å². The molecule has 0 radical (unpaired) electrons. The van der Waals surface area contributed by atoms with Crippen molar-refractivity contribution >= 4 is 17.3 Å². The lowest BCUT2D eigenvalue weighted by Gasteiger charge is -2.10. The molecule has 0 aliphatic rings. The molecule has 20 heavy (non-hydrogen) atoms. The number of alkyl halides is 3. The van der Waals surface area contributed by atoms with E-state index in [0.29, 0.717) is 10.7 Å². The Morgan fingerprint density at radius 3 is 2.50 bits per heavy atom. The number of hydrogen-bond donors (Lipinski definition) is 1. The minimum atomic E-state index is -4.39. The van der Waals surface area contributed by atoms with Gasteiger partial charge < -0.3 is 10.5 Å². The van der Waals surface area contributed by atoms with E-state index in [4.69, 9.17) is 22.1 Å². The van der Waals surface area contributed by atoms with Crippen LogP contribution in [-0.2, 0) is 12.8 Å². The molecule has 2 rings (SSSR count). The smallest absolute Gasteiger partial charge is 0.416 e. The molecule has 0 aromatic heterocycles. The SMILES string of the molecule is Nc1ccc(COc2cccc(C(F)(F)F)c2)cc1Cl. The van der Waals surface area contributed by atoms with Crippen molar-refractivity contribution in [3.8, 4) is 5.75 Å². The topological polar surface area (TPSA) is 35.2 Å². The van der Waals surface area contributed by atoms with Crippen LogP contribution in [0.4, 0.5) is 18.9 Å². The molecular formula is C14H11ClF3NO. The van der Waals surface area contributed by atoms with E-state index >= 15 is 0 Å². The summed E-state index contributed by atoms with van der Waals surface area (Å²) in [6, 6.07) is 9.65. The van der Waals surface area contributed by atoms with Crippen LogP contribution < -0.4 is 10.5 Å². The summed E-state index contributed by atoms with van der Waals surface area (Å²) >= 11 is 5.85. The third-order valence-corrected chi connectivity index (χ3v) is 2.96. The Hall–Kier alpha value is -1.88. The average Bonchev–Trinajstić information content (AvgIpc) is 2.39. The molecule has 2 nitrogen and oxygen atoms in total. The third kappa shape index (κ3) is 3.57. The number of anilines is 1. The molecule has 0 fully saturated rings. The number of halogens is 4. The van der Waals surface area contributed by atoms with Crippen LogP contribution in [0.2, 0.25) is 5.02 Å². The van der Waals surface area contributed by atoms with Gasteiger partial charge in [0.2, 0.25) is 0 Å². The Bertz CT molecular complexity index is 614. The molecule has 0 amide bonds. The lowest BCUT2D eigenvalue weighted by molar-refractivity contribution is -0.137. The average molecular weight is 302 g/mol. The van der Waals surface area contributed by atoms with Gasteiger partial charge in [0.25, 0.3) is 0 Å². The Labute approximate surface area is 118 Å². The largest absolute Gasteiger partial charge is 0.489 e. The van der Waals surface area contributed by atoms with Crippen molar-refractivity contribution in [1.82, 2.24) is 0 Å². The van der Waals surface area contributed by atoms with Crippen molar-refractivity contribution in [1.29, 1.82) is 0 Å². The van der Waals surface area contributed by atoms with Crippen molar-refractivity contribution in [2.24, 2.45) is 0 Å². The van der Waals surface area contributed by atoms with Crippen LogP contribution in [0.15, 0.2) is 42.5 Å². The third-order valence-electron chi connectivity index (χ3n) is 2.63. The molecule has 0 bridgehead atoms. The lowest BCUT2D eigenvalue weighted by atomic mass is 10.2. The fourth-order valence-corrected chi connectivity index (χ4v) is 1.79. The van der Waals surface area contributed by atoms with Gasteiger partial charge in [-0.15, -0.1) is 0 Å². The standard InChI is InChI=1S/C14H11ClF3NO/c15-12-6-9(4-5-13(12)19)8-20-11-3-1-2-10(7-11)14(16,17)18/h1-7H,8,19H2. The predicted molar refractivity (Wildman–Crippen MR) is 71.6 cm³/mol. The van der Waals surface area contributed by atoms with Gasteiger partial charge >= 0.3 is 6.18 Å². The van der Waals surface area contributed by atoms with Crippen LogP contribution in [0.1, 0.15) is 11.1 Å². The summed E-state index contributed by atoms with van der Waals surface area (Å²) in [6.45, 7) is 0.112. The van der Waals surface area contributed by atoms with E-state index in [2.05, 4.69) is 0 Å². The number of benzene rings is 2. The summed E-state index contributed by atoms with van der Waals surface area (Å²) in [5.74, 6) is 0.146. The predicted octanol–water partition coefficient (Wildman–Crippen LogP) is 4.52. The highest BCUT2D eigenvalue weighted by Gasteiger charge is 2.30. The van der Waals surface area contributed by atoms with Gasteiger partial charge in [-0.25, -0.2) is 0 Å². The van der Waals surface area contributed by atoms with Crippen molar-refractivity contribution < 1.29 is 17.9 Å². The van der Waals surface area contributed by atoms with Crippen LogP contribution in [0.3, 0.4) is 0 Å². The van der Waals surface area contributed by atoms with Gasteiger partial charge in [0.05, 0.1) is 16.3 Å². The highest BCUT2D eigenvalue weighted by molar-refractivity contribution is 6.33. The van der Waals surface area contributed by atoms with Gasteiger partial charge in [0.1, 0.15) is 12.4 Å². The highest BCUT2D eigenvalue weighted by Crippen LogP contribution is 2.31. The van der Waals surface area contributed by atoms with E-state index in [9.17, 15) is 13.2 Å². The second-order valence-electron chi connectivity index (χ2n) is 4.17. The molecule has 0 unspecified atom stereocenters. The Kier molecular flexibility index (Phi) is 4.09. The van der Waals surface area contributed by atoms with Gasteiger partial charge in [0, 0.05) is 0 Å². The second kappa shape index (κ2) is 5.63. The van der Waals surface area contributed by atoms with Crippen molar-refractivity contribution in [3.05, 3.63) is 58.6 Å². The van der Waals surface area contributed by atoms with E-state index in [0.717, 1.165) is 17.7 Å². The summed E-state index contributed by atoms with van der Waals surface area (Å²) < 4.78 is 42.9. The molecule has 6 heteroatoms. The van der Waals surface area contributed by atoms with Crippen LogP contribution in [-0.4, -0.2) is 0 Å². The Morgan fingerprint density at radius 2 is 1.85 bits per heavy atom. The number of nitrogens with two attached hydrogens (primary N) is 1. The van der Waals surface area contributed by atoms with Gasteiger partial charge in [0.15, 0.2) is 0 Å². The second-order valence-corrected chi connectivity index (χ2v) is 4.58. The van der Waals surface area contributed by atoms with Crippen LogP contribution in [0.25, 0.3) is 0 Å². The van der Waals surface area contributed by atoms with Gasteiger partial charge in [-0.05, 0) is 35.9 Å². The maximum absolute atomic E-state index is 12.5. The van der Waals surface area contributed by atoms with Crippen LogP contribution >= 0.6 is 11.6 Å². The number of ether oxygens (including phenoxy) is 1. The van der Waals surface area contributed by atoms with E-state index in [1.807, 2.05) is 0 Å². The Morgan fingerprint density at radius 1 is 1.10 bits per heavy atom. The molecule has 0 spiro atoms. The number of rotatable bonds is 3. The lowest BCUT2D eigenvalue weighted by Crippen LogP contribution is -2.05. The van der Waals surface area contributed by atoms with Gasteiger partial charge in [-0.1, -0.05) is 23.7 Å². The quantitative estimate of drug-likeness (QED) is 0.846. The maximum atomic E-state index is 12.5. The summed E-state index contributed by atoms with van der Waals surface area (Å²) in [6.07, 6.45) is -4.39. The van der Waals surface area contributed by atoms with Crippen LogP contribution in [0.5, 0.6) is 5.75 Å². The number of nitrogen functional groups attached to an aromatic ring is 1. The first-order valence-corrected chi connectivity index (χ1v) is 6.08. The zero-order valence-corrected chi connectivity index (χ0v) is 11.0. The fourth-order valence-electron chi connectivity index (χ4n) is 1.59. The minimum absolute atomic E-state index is 0.112. The first-order valence-electron chi connectivity index (χ1n) is 5.70. The molecule has 0 aliphatic carbocycles. The molecule has 0 saturated heterocycles. The fraction of sp³-hybridized carbons (Fsp3) is 0.143. The summed E-state index contributed by atoms with van der Waals surface area (Å²) in [4.78, 5) is 0. The van der Waals surface area contributed by atoms with Gasteiger partial charge in [-0.3, -0.25) is 0 Å². The maximum Gasteiger partial charge on any atom is 0.416 e. The normalized spacial score (nSPS) is 11.4. The monoisotopic (exact) mass is 301 g/mol. The highest BCUT2D eigenvalue weighted by atomic mass is 35.5. The summed E-state index contributed by atoms with van der Waals surface area (Å²) in [5.41, 5.74) is 5.98. The molecule has 2 aromatic rings. The zero-order chi connectivity index (χ0) is 14.8. The van der Waals surface area contributed by atoms with E-state index < -0.39 is 11.7 Å². The first kappa shape index (κ1) is 14.5. The molecule has 0 saturated carbocycles. The van der Waals surface area contributed by atoms with E-state index in [1.54, 1.807) is 18.2 Å². The molecule has 2 aromatic carbocycles. The molecule has 106 valence electrons.